The van der Waals surface area contributed by atoms with Crippen LogP contribution in [-0.4, -0.2) is 21.3 Å². The fraction of sp³-hybridized carbons (Fsp3) is 0.0303. The monoisotopic (exact) mass is 612 g/mol. The van der Waals surface area contributed by atoms with Crippen LogP contribution in [0.2, 0.25) is 10.0 Å². The molecule has 0 bridgehead atoms. The van der Waals surface area contributed by atoms with E-state index in [9.17, 15) is 0 Å². The van der Waals surface area contributed by atoms with Crippen LogP contribution in [0.4, 0.5) is 0 Å². The van der Waals surface area contributed by atoms with Crippen molar-refractivity contribution in [3.63, 3.8) is 0 Å². The van der Waals surface area contributed by atoms with Crippen molar-refractivity contribution in [2.24, 2.45) is 21.7 Å². The summed E-state index contributed by atoms with van der Waals surface area (Å²) in [5, 5.41) is 11.4. The number of hydrogen-bond acceptors (Lipinski definition) is 2. The zero-order valence-electron chi connectivity index (χ0n) is 22.4. The molecule has 0 atom stereocenters. The fourth-order valence-corrected chi connectivity index (χ4v) is 5.29. The topological polar surface area (TPSA) is 86.6 Å². The highest BCUT2D eigenvalue weighted by Gasteiger charge is 2.15. The number of para-hydroxylation sites is 2. The molecule has 0 saturated heterocycles. The second-order valence-corrected chi connectivity index (χ2v) is 10.5. The summed E-state index contributed by atoms with van der Waals surface area (Å²) < 4.78 is 4.44. The van der Waals surface area contributed by atoms with Crippen molar-refractivity contribution in [1.82, 2.24) is 9.13 Å². The average molecular weight is 614 g/mol. The van der Waals surface area contributed by atoms with Crippen LogP contribution in [0.3, 0.4) is 0 Å². The predicted octanol–water partition coefficient (Wildman–Crippen LogP) is 8.03. The van der Waals surface area contributed by atoms with Crippen molar-refractivity contribution < 1.29 is 0 Å². The van der Waals surface area contributed by atoms with E-state index in [-0.39, 0.29) is 18.4 Å². The molecule has 42 heavy (non-hydrogen) atoms. The molecule has 2 heterocycles. The lowest BCUT2D eigenvalue weighted by Crippen LogP contribution is -2.21. The van der Waals surface area contributed by atoms with Crippen LogP contribution in [0.25, 0.3) is 33.6 Å². The third kappa shape index (κ3) is 6.06. The van der Waals surface area contributed by atoms with E-state index in [0.29, 0.717) is 5.02 Å². The van der Waals surface area contributed by atoms with Gasteiger partial charge in [-0.05, 0) is 53.6 Å². The van der Waals surface area contributed by atoms with Crippen molar-refractivity contribution in [2.75, 3.05) is 0 Å². The zero-order chi connectivity index (χ0) is 28.3. The number of rotatable bonds is 7. The lowest BCUT2D eigenvalue weighted by molar-refractivity contribution is 0.836. The molecule has 4 N–H and O–H groups in total. The molecule has 0 unspecified atom stereocenters. The first-order chi connectivity index (χ1) is 20.0. The van der Waals surface area contributed by atoms with Crippen LogP contribution in [0.15, 0.2) is 120 Å². The molecule has 210 valence electrons. The van der Waals surface area contributed by atoms with E-state index in [1.165, 1.54) is 5.56 Å². The van der Waals surface area contributed by atoms with Gasteiger partial charge in [0.25, 0.3) is 0 Å². The molecule has 6 rings (SSSR count). The van der Waals surface area contributed by atoms with Gasteiger partial charge in [0.05, 0.1) is 17.4 Å². The molecule has 0 saturated carbocycles. The van der Waals surface area contributed by atoms with Gasteiger partial charge >= 0.3 is 0 Å². The van der Waals surface area contributed by atoms with Crippen LogP contribution in [0.1, 0.15) is 22.3 Å². The Labute approximate surface area is 259 Å². The number of guanidine groups is 1. The van der Waals surface area contributed by atoms with E-state index in [2.05, 4.69) is 80.1 Å². The molecular formula is C33H27Cl3N6. The number of nitrogens with two attached hydrogens (primary N) is 2. The van der Waals surface area contributed by atoms with Gasteiger partial charge < -0.3 is 20.6 Å². The molecule has 4 aromatic carbocycles. The maximum atomic E-state index is 6.28. The van der Waals surface area contributed by atoms with Gasteiger partial charge in [0.15, 0.2) is 0 Å². The summed E-state index contributed by atoms with van der Waals surface area (Å²) in [5.41, 5.74) is 18.3. The van der Waals surface area contributed by atoms with Gasteiger partial charge in [-0.3, -0.25) is 0 Å². The van der Waals surface area contributed by atoms with Crippen LogP contribution < -0.4 is 11.5 Å². The number of benzene rings is 4. The summed E-state index contributed by atoms with van der Waals surface area (Å²) in [6.07, 6.45) is 8.12. The first-order valence-electron chi connectivity index (χ1n) is 13.0. The normalized spacial score (nSPS) is 11.7. The van der Waals surface area contributed by atoms with E-state index < -0.39 is 0 Å². The first-order valence-corrected chi connectivity index (χ1v) is 13.7. The highest BCUT2D eigenvalue weighted by molar-refractivity contribution is 6.30. The standard InChI is InChI=1S/C33H26Cl2N6.ClH/c34-26-13-9-22(10-14-26)19-40-20-24(28-5-1-3-7-30(28)40)17-32(23-11-15-27(35)16-12-23)41-21-25(18-38-39-33(36)37)29-6-2-4-8-31(29)41;/h1-18,20-21H,19H2,(H4,36,37,39);1H/b32-17+,38-18+;. The number of aromatic nitrogens is 2. The molecular weight excluding hydrogens is 587 g/mol. The predicted molar refractivity (Wildman–Crippen MR) is 180 cm³/mol. The van der Waals surface area contributed by atoms with Crippen molar-refractivity contribution in [3.8, 4) is 0 Å². The molecule has 9 heteroatoms. The third-order valence-corrected chi connectivity index (χ3v) is 7.39. The van der Waals surface area contributed by atoms with E-state index in [1.54, 1.807) is 6.21 Å². The van der Waals surface area contributed by atoms with Crippen LogP contribution in [-0.2, 0) is 6.54 Å². The highest BCUT2D eigenvalue weighted by Crippen LogP contribution is 2.32. The number of halogens is 3. The van der Waals surface area contributed by atoms with E-state index >= 15 is 0 Å². The Morgan fingerprint density at radius 1 is 0.714 bits per heavy atom. The molecule has 2 aromatic heterocycles. The molecule has 0 amide bonds. The molecule has 0 aliphatic carbocycles. The maximum absolute atomic E-state index is 6.28. The Bertz CT molecular complexity index is 1940. The molecule has 6 nitrogen and oxygen atoms in total. The van der Waals surface area contributed by atoms with Crippen LogP contribution >= 0.6 is 35.6 Å². The number of hydrogen-bond donors (Lipinski definition) is 2. The van der Waals surface area contributed by atoms with E-state index in [0.717, 1.165) is 55.8 Å². The third-order valence-electron chi connectivity index (χ3n) is 6.89. The Morgan fingerprint density at radius 3 is 1.98 bits per heavy atom. The lowest BCUT2D eigenvalue weighted by Gasteiger charge is -2.12. The quantitative estimate of drug-likeness (QED) is 0.108. The fourth-order valence-electron chi connectivity index (χ4n) is 5.03. The molecule has 0 spiro atoms. The smallest absolute Gasteiger partial charge is 0.211 e. The number of fused-ring (bicyclic) bond motifs is 2. The molecule has 0 fully saturated rings. The van der Waals surface area contributed by atoms with Crippen molar-refractivity contribution in [1.29, 1.82) is 0 Å². The second kappa shape index (κ2) is 12.6. The maximum Gasteiger partial charge on any atom is 0.211 e. The lowest BCUT2D eigenvalue weighted by atomic mass is 10.1. The summed E-state index contributed by atoms with van der Waals surface area (Å²) in [7, 11) is 0. The molecule has 0 aliphatic rings. The van der Waals surface area contributed by atoms with E-state index in [4.69, 9.17) is 34.7 Å². The first kappa shape index (κ1) is 29.0. The van der Waals surface area contributed by atoms with Crippen LogP contribution in [0, 0.1) is 0 Å². The van der Waals surface area contributed by atoms with Gasteiger partial charge in [0.1, 0.15) is 0 Å². The van der Waals surface area contributed by atoms with Gasteiger partial charge in [0.2, 0.25) is 5.96 Å². The summed E-state index contributed by atoms with van der Waals surface area (Å²) in [6.45, 7) is 0.722. The minimum atomic E-state index is -0.0956. The second-order valence-electron chi connectivity index (χ2n) is 9.63. The molecule has 0 radical (unpaired) electrons. The van der Waals surface area contributed by atoms with Crippen LogP contribution in [0.5, 0.6) is 0 Å². The van der Waals surface area contributed by atoms with Gasteiger partial charge in [-0.1, -0.05) is 83.9 Å². The Morgan fingerprint density at radius 2 is 1.31 bits per heavy atom. The Hall–Kier alpha value is -4.49. The Kier molecular flexibility index (Phi) is 8.69. The summed E-state index contributed by atoms with van der Waals surface area (Å²) in [5.74, 6) is -0.0956. The largest absolute Gasteiger partial charge is 0.369 e. The molecule has 6 aromatic rings. The van der Waals surface area contributed by atoms with Crippen molar-refractivity contribution >= 4 is 81.4 Å². The van der Waals surface area contributed by atoms with Crippen molar-refractivity contribution in [2.45, 2.75) is 6.54 Å². The highest BCUT2D eigenvalue weighted by atomic mass is 35.5. The summed E-state index contributed by atoms with van der Waals surface area (Å²) >= 11 is 12.4. The number of nitrogens with zero attached hydrogens (tertiary/aromatic N) is 4. The summed E-state index contributed by atoms with van der Waals surface area (Å²) in [4.78, 5) is 0. The van der Waals surface area contributed by atoms with Gasteiger partial charge in [-0.15, -0.1) is 17.5 Å². The summed E-state index contributed by atoms with van der Waals surface area (Å²) in [6, 6.07) is 32.4. The SMILES string of the molecule is Cl.NC(N)=N/N=C/c1cn(/C(=C/c2cn(Cc3ccc(Cl)cc3)c3ccccc23)c2ccc(Cl)cc2)c2ccccc12. The van der Waals surface area contributed by atoms with Crippen molar-refractivity contribution in [3.05, 3.63) is 142 Å². The van der Waals surface area contributed by atoms with E-state index in [1.807, 2.05) is 54.7 Å². The minimum Gasteiger partial charge on any atom is -0.369 e. The minimum absolute atomic E-state index is 0. The van der Waals surface area contributed by atoms with Gasteiger partial charge in [-0.25, -0.2) is 0 Å². The Balaban J connectivity index is 0.00000353. The van der Waals surface area contributed by atoms with Gasteiger partial charge in [-0.2, -0.15) is 5.10 Å². The van der Waals surface area contributed by atoms with Gasteiger partial charge in [0, 0.05) is 56.4 Å². The zero-order valence-corrected chi connectivity index (χ0v) is 24.7. The average Bonchev–Trinajstić information content (AvgIpc) is 3.51. The molecule has 0 aliphatic heterocycles.